The molecular formula is C27H37N3O4. The summed E-state index contributed by atoms with van der Waals surface area (Å²) in [6.07, 6.45) is 4.64. The van der Waals surface area contributed by atoms with Crippen LogP contribution in [0.15, 0.2) is 57.7 Å². The first-order valence-corrected chi connectivity index (χ1v) is 12.4. The van der Waals surface area contributed by atoms with E-state index >= 15 is 0 Å². The molecule has 0 radical (unpaired) electrons. The van der Waals surface area contributed by atoms with Crippen LogP contribution in [-0.4, -0.2) is 54.1 Å². The highest BCUT2D eigenvalue weighted by molar-refractivity contribution is 5.68. The number of nitrogens with zero attached hydrogens (tertiary/aromatic N) is 3. The number of aromatic nitrogens is 1. The number of aliphatic hydroxyl groups excluding tert-OH is 1. The van der Waals surface area contributed by atoms with E-state index in [-0.39, 0.29) is 0 Å². The molecule has 0 amide bonds. The highest BCUT2D eigenvalue weighted by atomic mass is 16.5. The molecule has 1 fully saturated rings. The summed E-state index contributed by atoms with van der Waals surface area (Å²) in [6, 6.07) is 14.0. The molecule has 3 heterocycles. The van der Waals surface area contributed by atoms with Gasteiger partial charge in [0.25, 0.3) is 0 Å². The molecule has 1 aliphatic heterocycles. The summed E-state index contributed by atoms with van der Waals surface area (Å²) in [7, 11) is 0. The summed E-state index contributed by atoms with van der Waals surface area (Å²) in [5.41, 5.74) is 2.94. The molecule has 0 spiro atoms. The average molecular weight is 468 g/mol. The maximum atomic E-state index is 10.7. The van der Waals surface area contributed by atoms with Crippen LogP contribution in [0.25, 0.3) is 11.3 Å². The van der Waals surface area contributed by atoms with Crippen molar-refractivity contribution in [2.75, 3.05) is 37.7 Å². The minimum Gasteiger partial charge on any atom is -0.468 e. The molecular weight excluding hydrogens is 430 g/mol. The molecule has 7 heteroatoms. The van der Waals surface area contributed by atoms with E-state index in [0.717, 1.165) is 54.4 Å². The van der Waals surface area contributed by atoms with E-state index in [0.29, 0.717) is 38.8 Å². The van der Waals surface area contributed by atoms with Crippen molar-refractivity contribution in [3.8, 4) is 11.3 Å². The normalized spacial score (nSPS) is 15.4. The van der Waals surface area contributed by atoms with Crippen LogP contribution in [0.4, 0.5) is 5.88 Å². The minimum absolute atomic E-state index is 0.307. The van der Waals surface area contributed by atoms with E-state index < -0.39 is 6.10 Å². The maximum Gasteiger partial charge on any atom is 0.232 e. The zero-order valence-corrected chi connectivity index (χ0v) is 20.4. The zero-order chi connectivity index (χ0) is 23.8. The van der Waals surface area contributed by atoms with Gasteiger partial charge in [0, 0.05) is 38.3 Å². The first-order valence-electron chi connectivity index (χ1n) is 12.4. The fourth-order valence-electron chi connectivity index (χ4n) is 4.43. The Balaban J connectivity index is 1.58. The Kier molecular flexibility index (Phi) is 8.79. The molecule has 3 aromatic rings. The number of piperidine rings is 1. The fraction of sp³-hybridized carbons (Fsp3) is 0.519. The molecule has 4 rings (SSSR count). The second kappa shape index (κ2) is 12.2. The van der Waals surface area contributed by atoms with Crippen molar-refractivity contribution in [3.63, 3.8) is 0 Å². The van der Waals surface area contributed by atoms with Gasteiger partial charge in [0.05, 0.1) is 31.1 Å². The third-order valence-electron chi connectivity index (χ3n) is 6.03. The summed E-state index contributed by atoms with van der Waals surface area (Å²) >= 11 is 0. The molecule has 0 saturated carbocycles. The van der Waals surface area contributed by atoms with Crippen LogP contribution in [0, 0.1) is 5.92 Å². The number of benzene rings is 1. The lowest BCUT2D eigenvalue weighted by Crippen LogP contribution is -2.35. The van der Waals surface area contributed by atoms with Crippen LogP contribution in [0.5, 0.6) is 0 Å². The molecule has 7 nitrogen and oxygen atoms in total. The summed E-state index contributed by atoms with van der Waals surface area (Å²) in [5, 5.41) is 15.3. The molecule has 2 aromatic heterocycles. The van der Waals surface area contributed by atoms with Crippen molar-refractivity contribution in [2.24, 2.45) is 5.92 Å². The van der Waals surface area contributed by atoms with Gasteiger partial charge in [0.15, 0.2) is 0 Å². The van der Waals surface area contributed by atoms with Gasteiger partial charge in [-0.25, -0.2) is 0 Å². The van der Waals surface area contributed by atoms with E-state index in [9.17, 15) is 5.11 Å². The topological polar surface area (TPSA) is 75.1 Å². The van der Waals surface area contributed by atoms with Crippen LogP contribution in [0.1, 0.15) is 44.4 Å². The van der Waals surface area contributed by atoms with Crippen molar-refractivity contribution < 1.29 is 18.8 Å². The lowest BCUT2D eigenvalue weighted by Gasteiger charge is -2.29. The predicted molar refractivity (Wildman–Crippen MR) is 132 cm³/mol. The molecule has 184 valence electrons. The van der Waals surface area contributed by atoms with E-state index in [1.54, 1.807) is 6.26 Å². The smallest absolute Gasteiger partial charge is 0.232 e. The molecule has 1 atom stereocenters. The summed E-state index contributed by atoms with van der Waals surface area (Å²) < 4.78 is 17.3. The Morgan fingerprint density at radius 1 is 1.03 bits per heavy atom. The number of ether oxygens (including phenoxy) is 1. The third-order valence-corrected chi connectivity index (χ3v) is 6.03. The predicted octanol–water partition coefficient (Wildman–Crippen LogP) is 4.96. The number of furan rings is 1. The van der Waals surface area contributed by atoms with Gasteiger partial charge in [0.2, 0.25) is 5.88 Å². The highest BCUT2D eigenvalue weighted by Gasteiger charge is 2.26. The Hall–Kier alpha value is -2.61. The maximum absolute atomic E-state index is 10.7. The molecule has 1 N–H and O–H groups in total. The third kappa shape index (κ3) is 6.72. The second-order valence-electron chi connectivity index (χ2n) is 9.56. The quantitative estimate of drug-likeness (QED) is 0.403. The van der Waals surface area contributed by atoms with Gasteiger partial charge in [-0.2, -0.15) is 0 Å². The van der Waals surface area contributed by atoms with Crippen molar-refractivity contribution in [3.05, 3.63) is 60.1 Å². The van der Waals surface area contributed by atoms with E-state index in [1.165, 1.54) is 6.42 Å². The summed E-state index contributed by atoms with van der Waals surface area (Å²) in [6.45, 7) is 8.72. The molecule has 0 aliphatic carbocycles. The van der Waals surface area contributed by atoms with Crippen LogP contribution in [-0.2, 0) is 17.8 Å². The number of anilines is 1. The molecule has 34 heavy (non-hydrogen) atoms. The van der Waals surface area contributed by atoms with Crippen molar-refractivity contribution in [1.29, 1.82) is 0 Å². The van der Waals surface area contributed by atoms with Gasteiger partial charge in [-0.1, -0.05) is 49.3 Å². The summed E-state index contributed by atoms with van der Waals surface area (Å²) in [5.74, 6) is 2.13. The van der Waals surface area contributed by atoms with Gasteiger partial charge < -0.3 is 23.7 Å². The fourth-order valence-corrected chi connectivity index (χ4v) is 4.43. The zero-order valence-electron chi connectivity index (χ0n) is 20.4. The number of aliphatic hydroxyl groups is 1. The first-order chi connectivity index (χ1) is 16.6. The van der Waals surface area contributed by atoms with Gasteiger partial charge in [-0.3, -0.25) is 4.90 Å². The minimum atomic E-state index is -0.604. The molecule has 0 bridgehead atoms. The lowest BCUT2D eigenvalue weighted by molar-refractivity contribution is 0.00462. The van der Waals surface area contributed by atoms with E-state index in [4.69, 9.17) is 13.7 Å². The average Bonchev–Trinajstić information content (AvgIpc) is 3.50. The van der Waals surface area contributed by atoms with Gasteiger partial charge in [-0.05, 0) is 37.3 Å². The van der Waals surface area contributed by atoms with Crippen LogP contribution in [0.3, 0.4) is 0 Å². The SMILES string of the molecule is CC(C)COC[C@@H](O)CN(Cc1ccco1)Cc1c(-c2ccccc2)noc1N1CCCCC1. The lowest BCUT2D eigenvalue weighted by atomic mass is 10.1. The number of hydrogen-bond acceptors (Lipinski definition) is 7. The second-order valence-corrected chi connectivity index (χ2v) is 9.56. The van der Waals surface area contributed by atoms with Crippen molar-refractivity contribution in [1.82, 2.24) is 10.1 Å². The van der Waals surface area contributed by atoms with Crippen LogP contribution >= 0.6 is 0 Å². The van der Waals surface area contributed by atoms with Crippen molar-refractivity contribution in [2.45, 2.75) is 52.3 Å². The molecule has 1 saturated heterocycles. The monoisotopic (exact) mass is 467 g/mol. The molecule has 1 aliphatic rings. The van der Waals surface area contributed by atoms with Crippen molar-refractivity contribution >= 4 is 5.88 Å². The van der Waals surface area contributed by atoms with Gasteiger partial charge >= 0.3 is 0 Å². The number of rotatable bonds is 12. The van der Waals surface area contributed by atoms with E-state index in [2.05, 4.69) is 40.9 Å². The Morgan fingerprint density at radius 2 is 1.82 bits per heavy atom. The van der Waals surface area contributed by atoms with E-state index in [1.807, 2.05) is 30.3 Å². The Bertz CT molecular complexity index is 965. The van der Waals surface area contributed by atoms with Crippen LogP contribution < -0.4 is 4.90 Å². The molecule has 0 unspecified atom stereocenters. The van der Waals surface area contributed by atoms with Crippen LogP contribution in [0.2, 0.25) is 0 Å². The van der Waals surface area contributed by atoms with Gasteiger partial charge in [0.1, 0.15) is 11.5 Å². The Morgan fingerprint density at radius 3 is 2.53 bits per heavy atom. The highest BCUT2D eigenvalue weighted by Crippen LogP contribution is 2.34. The summed E-state index contributed by atoms with van der Waals surface area (Å²) in [4.78, 5) is 4.50. The van der Waals surface area contributed by atoms with Gasteiger partial charge in [-0.15, -0.1) is 0 Å². The Labute approximate surface area is 202 Å². The largest absolute Gasteiger partial charge is 0.468 e. The number of hydrogen-bond donors (Lipinski definition) is 1. The standard InChI is InChI=1S/C27H37N3O4/c1-21(2)19-32-20-23(31)16-29(17-24-12-9-15-33-24)18-25-26(22-10-5-3-6-11-22)28-34-27(25)30-13-7-4-8-14-30/h3,5-6,9-12,15,21,23,31H,4,7-8,13-14,16-20H2,1-2H3/t23-/m0/s1. The first kappa shape index (κ1) is 24.5. The molecule has 1 aromatic carbocycles.